The Kier molecular flexibility index (Phi) is 3.89. The number of nitrogens with one attached hydrogen (secondary N) is 2. The van der Waals surface area contributed by atoms with Crippen LogP contribution in [-0.2, 0) is 10.2 Å². The Morgan fingerprint density at radius 1 is 1.00 bits per heavy atom. The zero-order valence-electron chi connectivity index (χ0n) is 10.6. The summed E-state index contributed by atoms with van der Waals surface area (Å²) in [6.07, 6.45) is 0. The molecule has 0 unspecified atom stereocenters. The summed E-state index contributed by atoms with van der Waals surface area (Å²) in [5, 5.41) is 0. The van der Waals surface area contributed by atoms with E-state index in [0.717, 1.165) is 5.56 Å². The molecule has 1 aromatic rings. The Hall–Kier alpha value is -1.84. The van der Waals surface area contributed by atoms with Gasteiger partial charge in [-0.3, -0.25) is 20.4 Å². The number of hydrogen-bond acceptors (Lipinski definition) is 2. The van der Waals surface area contributed by atoms with Gasteiger partial charge in [0.1, 0.15) is 0 Å². The minimum absolute atomic E-state index is 0.0621. The fourth-order valence-corrected chi connectivity index (χ4v) is 1.34. The average Bonchev–Trinajstić information content (AvgIpc) is 2.25. The lowest BCUT2D eigenvalue weighted by Crippen LogP contribution is -2.40. The molecule has 0 aromatic heterocycles. The molecule has 4 nitrogen and oxygen atoms in total. The SMILES string of the molecule is CC(=O)NNC(=O)c1ccc(C(C)(C)C)cc1. The van der Waals surface area contributed by atoms with Crippen molar-refractivity contribution >= 4 is 11.8 Å². The van der Waals surface area contributed by atoms with Crippen molar-refractivity contribution in [2.24, 2.45) is 0 Å². The summed E-state index contributed by atoms with van der Waals surface area (Å²) in [6.45, 7) is 7.67. The molecule has 0 saturated heterocycles. The maximum atomic E-state index is 11.6. The third kappa shape index (κ3) is 3.90. The average molecular weight is 234 g/mol. The van der Waals surface area contributed by atoms with Crippen LogP contribution in [0, 0.1) is 0 Å². The molecule has 0 aliphatic carbocycles. The molecule has 92 valence electrons. The van der Waals surface area contributed by atoms with Gasteiger partial charge in [0.15, 0.2) is 0 Å². The minimum Gasteiger partial charge on any atom is -0.274 e. The fourth-order valence-electron chi connectivity index (χ4n) is 1.34. The molecular formula is C13H18N2O2. The molecule has 2 N–H and O–H groups in total. The summed E-state index contributed by atoms with van der Waals surface area (Å²) in [7, 11) is 0. The van der Waals surface area contributed by atoms with Crippen molar-refractivity contribution in [2.75, 3.05) is 0 Å². The first-order chi connectivity index (χ1) is 7.80. The molecule has 4 heteroatoms. The molecule has 0 bridgehead atoms. The molecule has 0 heterocycles. The van der Waals surface area contributed by atoms with Crippen molar-refractivity contribution in [3.63, 3.8) is 0 Å². The number of hydrazine groups is 1. The number of carbonyl (C=O) groups is 2. The second-order valence-electron chi connectivity index (χ2n) is 4.96. The Morgan fingerprint density at radius 2 is 1.53 bits per heavy atom. The highest BCUT2D eigenvalue weighted by atomic mass is 16.2. The molecule has 1 rings (SSSR count). The molecular weight excluding hydrogens is 216 g/mol. The number of carbonyl (C=O) groups excluding carboxylic acids is 2. The third-order valence-electron chi connectivity index (χ3n) is 2.37. The van der Waals surface area contributed by atoms with Crippen LogP contribution in [0.2, 0.25) is 0 Å². The smallest absolute Gasteiger partial charge is 0.269 e. The fraction of sp³-hybridized carbons (Fsp3) is 0.385. The van der Waals surface area contributed by atoms with Crippen molar-refractivity contribution in [3.05, 3.63) is 35.4 Å². The maximum Gasteiger partial charge on any atom is 0.269 e. The summed E-state index contributed by atoms with van der Waals surface area (Å²) in [4.78, 5) is 22.2. The molecule has 0 aliphatic heterocycles. The van der Waals surface area contributed by atoms with E-state index in [-0.39, 0.29) is 17.2 Å². The monoisotopic (exact) mass is 234 g/mol. The van der Waals surface area contributed by atoms with Crippen LogP contribution < -0.4 is 10.9 Å². The van der Waals surface area contributed by atoms with Crippen LogP contribution in [0.3, 0.4) is 0 Å². The molecule has 17 heavy (non-hydrogen) atoms. The van der Waals surface area contributed by atoms with Gasteiger partial charge in [-0.2, -0.15) is 0 Å². The Labute approximate surface area is 101 Å². The van der Waals surface area contributed by atoms with Crippen LogP contribution in [0.5, 0.6) is 0 Å². The lowest BCUT2D eigenvalue weighted by atomic mass is 9.87. The molecule has 0 fully saturated rings. The maximum absolute atomic E-state index is 11.6. The van der Waals surface area contributed by atoms with E-state index in [1.165, 1.54) is 6.92 Å². The van der Waals surface area contributed by atoms with E-state index in [1.54, 1.807) is 12.1 Å². The van der Waals surface area contributed by atoms with E-state index >= 15 is 0 Å². The van der Waals surface area contributed by atoms with Crippen LogP contribution in [0.15, 0.2) is 24.3 Å². The van der Waals surface area contributed by atoms with E-state index < -0.39 is 0 Å². The highest BCUT2D eigenvalue weighted by Crippen LogP contribution is 2.21. The van der Waals surface area contributed by atoms with Crippen LogP contribution in [0.4, 0.5) is 0 Å². The van der Waals surface area contributed by atoms with Gasteiger partial charge >= 0.3 is 0 Å². The molecule has 0 aliphatic rings. The van der Waals surface area contributed by atoms with Gasteiger partial charge in [0, 0.05) is 12.5 Å². The highest BCUT2D eigenvalue weighted by molar-refractivity contribution is 5.95. The molecule has 0 spiro atoms. The van der Waals surface area contributed by atoms with E-state index in [9.17, 15) is 9.59 Å². The van der Waals surface area contributed by atoms with Crippen LogP contribution >= 0.6 is 0 Å². The van der Waals surface area contributed by atoms with Gasteiger partial charge in [0.05, 0.1) is 0 Å². The normalized spacial score (nSPS) is 10.8. The molecule has 0 saturated carbocycles. The van der Waals surface area contributed by atoms with Gasteiger partial charge < -0.3 is 0 Å². The first-order valence-electron chi connectivity index (χ1n) is 5.48. The Morgan fingerprint density at radius 3 is 1.94 bits per heavy atom. The summed E-state index contributed by atoms with van der Waals surface area (Å²) in [6, 6.07) is 7.33. The molecule has 2 amide bonds. The molecule has 0 radical (unpaired) electrons. The summed E-state index contributed by atoms with van der Waals surface area (Å²) < 4.78 is 0. The quantitative estimate of drug-likeness (QED) is 0.727. The van der Waals surface area contributed by atoms with E-state index in [4.69, 9.17) is 0 Å². The molecule has 1 aromatic carbocycles. The van der Waals surface area contributed by atoms with Gasteiger partial charge in [-0.1, -0.05) is 32.9 Å². The van der Waals surface area contributed by atoms with Crippen molar-refractivity contribution in [1.29, 1.82) is 0 Å². The third-order valence-corrected chi connectivity index (χ3v) is 2.37. The topological polar surface area (TPSA) is 58.2 Å². The Bertz CT molecular complexity index is 416. The number of benzene rings is 1. The van der Waals surface area contributed by atoms with Crippen LogP contribution in [-0.4, -0.2) is 11.8 Å². The number of rotatable bonds is 1. The summed E-state index contributed by atoms with van der Waals surface area (Å²) in [5.41, 5.74) is 6.31. The second kappa shape index (κ2) is 4.99. The van der Waals surface area contributed by atoms with Gasteiger partial charge in [-0.05, 0) is 23.1 Å². The standard InChI is InChI=1S/C13H18N2O2/c1-9(16)14-15-12(17)10-5-7-11(8-6-10)13(2,3)4/h5-8H,1-4H3,(H,14,16)(H,15,17). The first-order valence-corrected chi connectivity index (χ1v) is 5.48. The van der Waals surface area contributed by atoms with Crippen molar-refractivity contribution in [2.45, 2.75) is 33.1 Å². The number of hydrogen-bond donors (Lipinski definition) is 2. The predicted molar refractivity (Wildman–Crippen MR) is 66.4 cm³/mol. The zero-order chi connectivity index (χ0) is 13.1. The number of amides is 2. The molecule has 0 atom stereocenters. The van der Waals surface area contributed by atoms with Crippen LogP contribution in [0.25, 0.3) is 0 Å². The highest BCUT2D eigenvalue weighted by Gasteiger charge is 2.14. The van der Waals surface area contributed by atoms with E-state index in [2.05, 4.69) is 31.6 Å². The van der Waals surface area contributed by atoms with E-state index in [0.29, 0.717) is 5.56 Å². The lowest BCUT2D eigenvalue weighted by molar-refractivity contribution is -0.119. The minimum atomic E-state index is -0.319. The lowest BCUT2D eigenvalue weighted by Gasteiger charge is -2.19. The van der Waals surface area contributed by atoms with Crippen molar-refractivity contribution < 1.29 is 9.59 Å². The zero-order valence-corrected chi connectivity index (χ0v) is 10.6. The Balaban J connectivity index is 2.74. The van der Waals surface area contributed by atoms with Crippen molar-refractivity contribution in [3.8, 4) is 0 Å². The largest absolute Gasteiger partial charge is 0.274 e. The van der Waals surface area contributed by atoms with Crippen LogP contribution in [0.1, 0.15) is 43.6 Å². The van der Waals surface area contributed by atoms with Gasteiger partial charge in [-0.15, -0.1) is 0 Å². The second-order valence-corrected chi connectivity index (χ2v) is 4.96. The van der Waals surface area contributed by atoms with Crippen molar-refractivity contribution in [1.82, 2.24) is 10.9 Å². The first kappa shape index (κ1) is 13.2. The summed E-state index contributed by atoms with van der Waals surface area (Å²) in [5.74, 6) is -0.620. The van der Waals surface area contributed by atoms with Gasteiger partial charge in [-0.25, -0.2) is 0 Å². The summed E-state index contributed by atoms with van der Waals surface area (Å²) >= 11 is 0. The predicted octanol–water partition coefficient (Wildman–Crippen LogP) is 1.77. The van der Waals surface area contributed by atoms with Gasteiger partial charge in [0.25, 0.3) is 5.91 Å². The van der Waals surface area contributed by atoms with Gasteiger partial charge in [0.2, 0.25) is 5.91 Å². The van der Waals surface area contributed by atoms with E-state index in [1.807, 2.05) is 12.1 Å².